The molecule has 0 heterocycles. The highest BCUT2D eigenvalue weighted by molar-refractivity contribution is 5.71. The maximum Gasteiger partial charge on any atom is -0.0165 e. The molecule has 0 nitrogen and oxygen atoms in total. The first-order valence-electron chi connectivity index (χ1n) is 6.49. The van der Waals surface area contributed by atoms with Crippen molar-refractivity contribution in [2.24, 2.45) is 5.92 Å². The van der Waals surface area contributed by atoms with E-state index in [0.29, 0.717) is 5.92 Å². The molecule has 0 bridgehead atoms. The van der Waals surface area contributed by atoms with Gasteiger partial charge in [0.15, 0.2) is 0 Å². The third-order valence-electron chi connectivity index (χ3n) is 4.00. The average molecular weight is 226 g/mol. The summed E-state index contributed by atoms with van der Waals surface area (Å²) in [7, 11) is 0. The van der Waals surface area contributed by atoms with Gasteiger partial charge in [-0.15, -0.1) is 0 Å². The number of hydrogen-bond acceptors (Lipinski definition) is 0. The highest BCUT2D eigenvalue weighted by Gasteiger charge is 2.21. The summed E-state index contributed by atoms with van der Waals surface area (Å²) in [5, 5.41) is 0. The van der Waals surface area contributed by atoms with Gasteiger partial charge < -0.3 is 0 Å². The molecule has 17 heavy (non-hydrogen) atoms. The molecule has 0 radical (unpaired) electrons. The van der Waals surface area contributed by atoms with E-state index in [9.17, 15) is 0 Å². The van der Waals surface area contributed by atoms with Gasteiger partial charge in [-0.25, -0.2) is 0 Å². The van der Waals surface area contributed by atoms with Crippen LogP contribution in [0.15, 0.2) is 42.0 Å². The smallest absolute Gasteiger partial charge is 0.0165 e. The Hall–Kier alpha value is -1.30. The van der Waals surface area contributed by atoms with E-state index in [1.54, 1.807) is 11.1 Å². The van der Waals surface area contributed by atoms with Gasteiger partial charge in [0, 0.05) is 0 Å². The van der Waals surface area contributed by atoms with E-state index in [1.165, 1.54) is 36.0 Å². The first-order chi connectivity index (χ1) is 8.09. The molecule has 0 aliphatic heterocycles. The number of hydrogen-bond donors (Lipinski definition) is 0. The van der Waals surface area contributed by atoms with Gasteiger partial charge in [-0.2, -0.15) is 0 Å². The van der Waals surface area contributed by atoms with E-state index in [0.717, 1.165) is 0 Å². The predicted molar refractivity (Wildman–Crippen MR) is 75.9 cm³/mol. The Bertz CT molecular complexity index is 463. The van der Waals surface area contributed by atoms with Crippen molar-refractivity contribution in [1.82, 2.24) is 0 Å². The molecule has 0 saturated heterocycles. The number of rotatable bonds is 2. The Morgan fingerprint density at radius 1 is 1.24 bits per heavy atom. The minimum atomic E-state index is 0.674. The van der Waals surface area contributed by atoms with Crippen LogP contribution < -0.4 is 0 Å². The normalized spacial score (nSPS) is 20.5. The van der Waals surface area contributed by atoms with Crippen molar-refractivity contribution < 1.29 is 0 Å². The molecule has 0 spiro atoms. The SMILES string of the molecule is C=C(C)C1CCC(C)=C(c2ccccc2C)C1. The molecule has 0 aromatic heterocycles. The molecule has 0 N–H and O–H groups in total. The molecule has 0 heteroatoms. The summed E-state index contributed by atoms with van der Waals surface area (Å²) in [4.78, 5) is 0. The third-order valence-corrected chi connectivity index (χ3v) is 4.00. The highest BCUT2D eigenvalue weighted by Crippen LogP contribution is 2.38. The molecule has 0 saturated carbocycles. The van der Waals surface area contributed by atoms with Crippen LogP contribution in [0.25, 0.3) is 5.57 Å². The fourth-order valence-electron chi connectivity index (χ4n) is 2.74. The van der Waals surface area contributed by atoms with Crippen LogP contribution in [0.1, 0.15) is 44.2 Å². The van der Waals surface area contributed by atoms with Crippen molar-refractivity contribution >= 4 is 5.57 Å². The Kier molecular flexibility index (Phi) is 3.51. The summed E-state index contributed by atoms with van der Waals surface area (Å²) in [6.45, 7) is 10.8. The van der Waals surface area contributed by atoms with Gasteiger partial charge in [-0.05, 0) is 62.7 Å². The highest BCUT2D eigenvalue weighted by atomic mass is 14.3. The van der Waals surface area contributed by atoms with Gasteiger partial charge in [0.1, 0.15) is 0 Å². The monoisotopic (exact) mass is 226 g/mol. The van der Waals surface area contributed by atoms with Gasteiger partial charge in [0.25, 0.3) is 0 Å². The van der Waals surface area contributed by atoms with Crippen LogP contribution >= 0.6 is 0 Å². The van der Waals surface area contributed by atoms with E-state index in [2.05, 4.69) is 51.6 Å². The van der Waals surface area contributed by atoms with E-state index in [1.807, 2.05) is 0 Å². The molecule has 1 atom stereocenters. The topological polar surface area (TPSA) is 0 Å². The Morgan fingerprint density at radius 2 is 1.94 bits per heavy atom. The second kappa shape index (κ2) is 4.91. The zero-order chi connectivity index (χ0) is 12.4. The van der Waals surface area contributed by atoms with Crippen LogP contribution in [0.5, 0.6) is 0 Å². The van der Waals surface area contributed by atoms with Crippen LogP contribution in [-0.4, -0.2) is 0 Å². The summed E-state index contributed by atoms with van der Waals surface area (Å²) in [5.74, 6) is 0.674. The lowest BCUT2D eigenvalue weighted by Crippen LogP contribution is -2.10. The molecule has 1 aromatic carbocycles. The maximum absolute atomic E-state index is 4.13. The van der Waals surface area contributed by atoms with Crippen LogP contribution in [0.4, 0.5) is 0 Å². The van der Waals surface area contributed by atoms with Crippen molar-refractivity contribution in [2.45, 2.75) is 40.0 Å². The van der Waals surface area contributed by atoms with Gasteiger partial charge in [-0.3, -0.25) is 0 Å². The van der Waals surface area contributed by atoms with Crippen molar-refractivity contribution in [3.05, 3.63) is 53.1 Å². The first-order valence-corrected chi connectivity index (χ1v) is 6.49. The van der Waals surface area contributed by atoms with E-state index in [4.69, 9.17) is 0 Å². The van der Waals surface area contributed by atoms with E-state index in [-0.39, 0.29) is 0 Å². The van der Waals surface area contributed by atoms with Gasteiger partial charge >= 0.3 is 0 Å². The standard InChI is InChI=1S/C17H22/c1-12(2)15-10-9-14(4)17(11-15)16-8-6-5-7-13(16)3/h5-8,15H,1,9-11H2,2-4H3. The zero-order valence-electron chi connectivity index (χ0n) is 11.2. The van der Waals surface area contributed by atoms with Crippen LogP contribution in [0.3, 0.4) is 0 Å². The average Bonchev–Trinajstić information content (AvgIpc) is 2.30. The van der Waals surface area contributed by atoms with Crippen molar-refractivity contribution in [3.63, 3.8) is 0 Å². The summed E-state index contributed by atoms with van der Waals surface area (Å²) in [5.41, 5.74) is 7.29. The third kappa shape index (κ3) is 2.52. The van der Waals surface area contributed by atoms with Gasteiger partial charge in [0.05, 0.1) is 0 Å². The quantitative estimate of drug-likeness (QED) is 0.612. The minimum absolute atomic E-state index is 0.674. The second-order valence-electron chi connectivity index (χ2n) is 5.36. The molecule has 1 aromatic rings. The summed E-state index contributed by atoms with van der Waals surface area (Å²) in [6, 6.07) is 8.73. The first kappa shape index (κ1) is 12.2. The predicted octanol–water partition coefficient (Wildman–Crippen LogP) is 5.14. The Labute approximate surface area is 105 Å². The van der Waals surface area contributed by atoms with Crippen LogP contribution in [0, 0.1) is 12.8 Å². The van der Waals surface area contributed by atoms with Gasteiger partial charge in [-0.1, -0.05) is 42.0 Å². The lowest BCUT2D eigenvalue weighted by molar-refractivity contribution is 0.550. The van der Waals surface area contributed by atoms with E-state index >= 15 is 0 Å². The largest absolute Gasteiger partial charge is 0.0998 e. The summed E-state index contributed by atoms with van der Waals surface area (Å²) < 4.78 is 0. The molecular formula is C17H22. The molecule has 0 amide bonds. The number of benzene rings is 1. The van der Waals surface area contributed by atoms with Crippen LogP contribution in [0.2, 0.25) is 0 Å². The van der Waals surface area contributed by atoms with Crippen molar-refractivity contribution in [1.29, 1.82) is 0 Å². The number of allylic oxidation sites excluding steroid dienone is 3. The summed E-state index contributed by atoms with van der Waals surface area (Å²) >= 11 is 0. The Balaban J connectivity index is 2.37. The Morgan fingerprint density at radius 3 is 2.59 bits per heavy atom. The lowest BCUT2D eigenvalue weighted by atomic mass is 9.78. The molecule has 2 rings (SSSR count). The molecular weight excluding hydrogens is 204 g/mol. The minimum Gasteiger partial charge on any atom is -0.0998 e. The fourth-order valence-corrected chi connectivity index (χ4v) is 2.74. The second-order valence-corrected chi connectivity index (χ2v) is 5.36. The van der Waals surface area contributed by atoms with E-state index < -0.39 is 0 Å². The molecule has 1 aliphatic carbocycles. The molecule has 90 valence electrons. The van der Waals surface area contributed by atoms with Crippen LogP contribution in [-0.2, 0) is 0 Å². The van der Waals surface area contributed by atoms with Gasteiger partial charge in [0.2, 0.25) is 0 Å². The molecule has 1 aliphatic rings. The molecule has 0 fully saturated rings. The maximum atomic E-state index is 4.13. The lowest BCUT2D eigenvalue weighted by Gasteiger charge is -2.27. The molecule has 1 unspecified atom stereocenters. The van der Waals surface area contributed by atoms with Crippen molar-refractivity contribution in [2.75, 3.05) is 0 Å². The van der Waals surface area contributed by atoms with Crippen molar-refractivity contribution in [3.8, 4) is 0 Å². The zero-order valence-corrected chi connectivity index (χ0v) is 11.2. The fraction of sp³-hybridized carbons (Fsp3) is 0.412. The number of aryl methyl sites for hydroxylation is 1. The summed E-state index contributed by atoms with van der Waals surface area (Å²) in [6.07, 6.45) is 3.67.